The van der Waals surface area contributed by atoms with Gasteiger partial charge in [0.1, 0.15) is 4.90 Å². The van der Waals surface area contributed by atoms with Gasteiger partial charge in [-0.25, -0.2) is 0 Å². The van der Waals surface area contributed by atoms with Crippen LogP contribution in [0.1, 0.15) is 10.4 Å². The Bertz CT molecular complexity index is 438. The zero-order valence-corrected chi connectivity index (χ0v) is 7.21. The Hall–Kier alpha value is -1.40. The largest absolute Gasteiger partial charge is 0.295 e. The standard InChI is InChI=1S/C7H6NO4S/c8-7(9)5-3-1-2-4-6(5)13(10,11)12/h1-4,8H,(H,10,11,12). The second-order valence-electron chi connectivity index (χ2n) is 2.30. The van der Waals surface area contributed by atoms with Crippen molar-refractivity contribution in [3.05, 3.63) is 29.8 Å². The molecule has 0 aliphatic rings. The first kappa shape index (κ1) is 9.69. The van der Waals surface area contributed by atoms with Gasteiger partial charge in [0.2, 0.25) is 0 Å². The maximum atomic E-state index is 10.7. The molecule has 2 N–H and O–H groups in total. The topological polar surface area (TPSA) is 95.2 Å². The predicted molar refractivity (Wildman–Crippen MR) is 43.7 cm³/mol. The van der Waals surface area contributed by atoms with Gasteiger partial charge >= 0.3 is 0 Å². The van der Waals surface area contributed by atoms with Crippen molar-refractivity contribution in [3.63, 3.8) is 0 Å². The summed E-state index contributed by atoms with van der Waals surface area (Å²) in [5.41, 5.74) is 6.40. The average Bonchev–Trinajstić information content (AvgIpc) is 2.03. The second-order valence-corrected chi connectivity index (χ2v) is 3.69. The Labute approximate surface area is 74.9 Å². The highest BCUT2D eigenvalue weighted by atomic mass is 32.2. The fraction of sp³-hybridized carbons (Fsp3) is 0. The molecule has 0 heterocycles. The third kappa shape index (κ3) is 2.04. The molecule has 0 unspecified atom stereocenters. The number of hydrogen-bond acceptors (Lipinski definition) is 3. The van der Waals surface area contributed by atoms with E-state index >= 15 is 0 Å². The van der Waals surface area contributed by atoms with E-state index in [-0.39, 0.29) is 5.56 Å². The van der Waals surface area contributed by atoms with Crippen molar-refractivity contribution in [3.8, 4) is 0 Å². The number of carbonyl (C=O) groups is 1. The number of nitrogens with one attached hydrogen (secondary N) is 1. The van der Waals surface area contributed by atoms with Crippen molar-refractivity contribution >= 4 is 16.0 Å². The Morgan fingerprint density at radius 2 is 1.85 bits per heavy atom. The number of amides is 1. The molecule has 0 spiro atoms. The van der Waals surface area contributed by atoms with Gasteiger partial charge in [-0.3, -0.25) is 15.1 Å². The summed E-state index contributed by atoms with van der Waals surface area (Å²) in [4.78, 5) is 10.1. The van der Waals surface area contributed by atoms with Crippen LogP contribution < -0.4 is 5.73 Å². The molecule has 0 aliphatic carbocycles. The summed E-state index contributed by atoms with van der Waals surface area (Å²) in [6.45, 7) is 0. The highest BCUT2D eigenvalue weighted by molar-refractivity contribution is 7.86. The van der Waals surface area contributed by atoms with Crippen LogP contribution in [-0.2, 0) is 10.1 Å². The number of hydrogen-bond donors (Lipinski definition) is 1. The quantitative estimate of drug-likeness (QED) is 0.697. The number of benzene rings is 1. The summed E-state index contributed by atoms with van der Waals surface area (Å²) in [5.74, 6) is -1.15. The van der Waals surface area contributed by atoms with E-state index in [0.29, 0.717) is 0 Å². The molecule has 6 heteroatoms. The van der Waals surface area contributed by atoms with E-state index in [2.05, 4.69) is 0 Å². The maximum Gasteiger partial charge on any atom is 0.295 e. The van der Waals surface area contributed by atoms with Crippen LogP contribution in [-0.4, -0.2) is 18.9 Å². The summed E-state index contributed by atoms with van der Waals surface area (Å²) in [7, 11) is -4.42. The maximum absolute atomic E-state index is 10.7. The molecular formula is C7H6NO4S. The van der Waals surface area contributed by atoms with Crippen LogP contribution in [0, 0.1) is 0 Å². The molecule has 0 aliphatic heterocycles. The molecule has 1 aromatic carbocycles. The molecule has 0 aromatic heterocycles. The van der Waals surface area contributed by atoms with Crippen LogP contribution in [0.15, 0.2) is 29.2 Å². The first-order valence-electron chi connectivity index (χ1n) is 3.25. The third-order valence-corrected chi connectivity index (χ3v) is 2.32. The van der Waals surface area contributed by atoms with Crippen molar-refractivity contribution in [2.75, 3.05) is 0 Å². The molecule has 1 radical (unpaired) electrons. The van der Waals surface area contributed by atoms with Crippen molar-refractivity contribution in [2.45, 2.75) is 4.90 Å². The molecule has 69 valence electrons. The van der Waals surface area contributed by atoms with Gasteiger partial charge in [-0.15, -0.1) is 0 Å². The molecular weight excluding hydrogens is 194 g/mol. The van der Waals surface area contributed by atoms with Crippen molar-refractivity contribution < 1.29 is 17.8 Å². The van der Waals surface area contributed by atoms with E-state index in [9.17, 15) is 13.2 Å². The fourth-order valence-electron chi connectivity index (χ4n) is 0.879. The minimum atomic E-state index is -4.42. The van der Waals surface area contributed by atoms with Crippen molar-refractivity contribution in [1.82, 2.24) is 5.73 Å². The molecule has 0 atom stereocenters. The Kier molecular flexibility index (Phi) is 2.35. The summed E-state index contributed by atoms with van der Waals surface area (Å²) in [5, 5.41) is 0. The molecule has 1 aromatic rings. The van der Waals surface area contributed by atoms with Gasteiger partial charge in [0.15, 0.2) is 0 Å². The van der Waals surface area contributed by atoms with Crippen LogP contribution in [0.2, 0.25) is 0 Å². The van der Waals surface area contributed by atoms with Gasteiger partial charge in [0.25, 0.3) is 16.0 Å². The average molecular weight is 200 g/mol. The van der Waals surface area contributed by atoms with Crippen LogP contribution in [0.25, 0.3) is 0 Å². The lowest BCUT2D eigenvalue weighted by Crippen LogP contribution is -2.08. The van der Waals surface area contributed by atoms with Crippen LogP contribution in [0.3, 0.4) is 0 Å². The first-order valence-corrected chi connectivity index (χ1v) is 4.69. The summed E-state index contributed by atoms with van der Waals surface area (Å²) < 4.78 is 30.0. The highest BCUT2D eigenvalue weighted by Crippen LogP contribution is 2.14. The lowest BCUT2D eigenvalue weighted by molar-refractivity contribution is 0.0988. The van der Waals surface area contributed by atoms with E-state index in [1.807, 2.05) is 0 Å². The molecule has 1 rings (SSSR count). The van der Waals surface area contributed by atoms with Gasteiger partial charge in [-0.1, -0.05) is 12.1 Å². The lowest BCUT2D eigenvalue weighted by Gasteiger charge is -2.00. The van der Waals surface area contributed by atoms with Crippen LogP contribution in [0.4, 0.5) is 0 Å². The molecule has 13 heavy (non-hydrogen) atoms. The zero-order valence-electron chi connectivity index (χ0n) is 6.39. The second kappa shape index (κ2) is 3.15. The van der Waals surface area contributed by atoms with Gasteiger partial charge in [0, 0.05) is 0 Å². The molecule has 0 bridgehead atoms. The Morgan fingerprint density at radius 1 is 1.31 bits per heavy atom. The van der Waals surface area contributed by atoms with E-state index in [1.54, 1.807) is 0 Å². The molecule has 5 nitrogen and oxygen atoms in total. The monoisotopic (exact) mass is 200 g/mol. The van der Waals surface area contributed by atoms with Gasteiger partial charge in [-0.05, 0) is 12.1 Å². The van der Waals surface area contributed by atoms with Gasteiger partial charge in [0.05, 0.1) is 5.56 Å². The molecule has 0 saturated heterocycles. The SMILES string of the molecule is [NH]C(=O)c1ccccc1S(=O)(=O)O. The lowest BCUT2D eigenvalue weighted by atomic mass is 10.2. The van der Waals surface area contributed by atoms with E-state index in [0.717, 1.165) is 6.07 Å². The summed E-state index contributed by atoms with van der Waals surface area (Å²) in [6, 6.07) is 5.00. The Balaban J connectivity index is 3.46. The van der Waals surface area contributed by atoms with E-state index in [4.69, 9.17) is 10.3 Å². The predicted octanol–water partition coefficient (Wildman–Crippen LogP) is 0.356. The number of rotatable bonds is 2. The highest BCUT2D eigenvalue weighted by Gasteiger charge is 2.17. The normalized spacial score (nSPS) is 11.2. The molecule has 0 saturated carbocycles. The van der Waals surface area contributed by atoms with Crippen LogP contribution in [0.5, 0.6) is 0 Å². The minimum absolute atomic E-state index is 0.329. The first-order chi connectivity index (χ1) is 5.93. The zero-order chi connectivity index (χ0) is 10.1. The van der Waals surface area contributed by atoms with Crippen molar-refractivity contribution in [2.24, 2.45) is 0 Å². The third-order valence-electron chi connectivity index (χ3n) is 1.41. The fourth-order valence-corrected chi connectivity index (χ4v) is 1.57. The van der Waals surface area contributed by atoms with Crippen LogP contribution >= 0.6 is 0 Å². The van der Waals surface area contributed by atoms with Gasteiger partial charge < -0.3 is 0 Å². The van der Waals surface area contributed by atoms with E-state index in [1.165, 1.54) is 18.2 Å². The molecule has 1 amide bonds. The minimum Gasteiger partial charge on any atom is -0.282 e. The van der Waals surface area contributed by atoms with Gasteiger partial charge in [-0.2, -0.15) is 8.42 Å². The Morgan fingerprint density at radius 3 is 2.23 bits per heavy atom. The summed E-state index contributed by atoms with van der Waals surface area (Å²) in [6.07, 6.45) is 0. The molecule has 0 fully saturated rings. The smallest absolute Gasteiger partial charge is 0.282 e. The van der Waals surface area contributed by atoms with Crippen molar-refractivity contribution in [1.29, 1.82) is 0 Å². The number of carbonyl (C=O) groups excluding carboxylic acids is 1. The summed E-state index contributed by atoms with van der Waals surface area (Å²) >= 11 is 0. The van der Waals surface area contributed by atoms with E-state index < -0.39 is 20.9 Å².